The Morgan fingerprint density at radius 3 is 2.75 bits per heavy atom. The van der Waals surface area contributed by atoms with Crippen LogP contribution in [0.1, 0.15) is 12.0 Å². The van der Waals surface area contributed by atoms with Crippen molar-refractivity contribution < 1.29 is 14.8 Å². The van der Waals surface area contributed by atoms with Crippen LogP contribution in [0, 0.1) is 10.1 Å². The smallest absolute Gasteiger partial charge is 0.269 e. The highest BCUT2D eigenvalue weighted by molar-refractivity contribution is 5.39. The fourth-order valence-electron chi connectivity index (χ4n) is 1.97. The number of nitro benzene ring substituents is 1. The Bertz CT molecular complexity index is 401. The Balaban J connectivity index is 2.31. The Labute approximate surface area is 92.8 Å². The molecule has 0 spiro atoms. The van der Waals surface area contributed by atoms with E-state index in [-0.39, 0.29) is 17.7 Å². The molecule has 0 aliphatic carbocycles. The van der Waals surface area contributed by atoms with E-state index >= 15 is 0 Å². The first-order chi connectivity index (χ1) is 7.68. The van der Waals surface area contributed by atoms with Crippen molar-refractivity contribution in [1.82, 2.24) is 0 Å². The van der Waals surface area contributed by atoms with Crippen molar-refractivity contribution >= 4 is 5.69 Å². The van der Waals surface area contributed by atoms with Crippen LogP contribution in [0.2, 0.25) is 0 Å². The van der Waals surface area contributed by atoms with Gasteiger partial charge in [-0.15, -0.1) is 0 Å². The fourth-order valence-corrected chi connectivity index (χ4v) is 1.97. The second-order valence-corrected chi connectivity index (χ2v) is 4.05. The summed E-state index contributed by atoms with van der Waals surface area (Å²) in [6.07, 6.45) is 0.578. The van der Waals surface area contributed by atoms with Gasteiger partial charge in [-0.3, -0.25) is 10.1 Å². The third kappa shape index (κ3) is 1.79. The van der Waals surface area contributed by atoms with E-state index in [4.69, 9.17) is 9.84 Å². The molecule has 5 nitrogen and oxygen atoms in total. The summed E-state index contributed by atoms with van der Waals surface area (Å²) in [5.74, 6) is 0. The maximum absolute atomic E-state index is 10.7. The first kappa shape index (κ1) is 11.0. The van der Waals surface area contributed by atoms with Crippen molar-refractivity contribution in [3.63, 3.8) is 0 Å². The Kier molecular flexibility index (Phi) is 2.89. The van der Waals surface area contributed by atoms with E-state index in [0.29, 0.717) is 19.6 Å². The SMILES string of the molecule is O=[N+]([O-])c1cccc(C2(CCO)COC2)c1. The van der Waals surface area contributed by atoms with Gasteiger partial charge in [-0.25, -0.2) is 0 Å². The van der Waals surface area contributed by atoms with Crippen molar-refractivity contribution in [3.05, 3.63) is 39.9 Å². The highest BCUT2D eigenvalue weighted by atomic mass is 16.6. The van der Waals surface area contributed by atoms with Crippen LogP contribution in [0.25, 0.3) is 0 Å². The highest BCUT2D eigenvalue weighted by Gasteiger charge is 2.40. The molecular weight excluding hydrogens is 210 g/mol. The Morgan fingerprint density at radius 2 is 2.25 bits per heavy atom. The third-order valence-electron chi connectivity index (χ3n) is 3.02. The van der Waals surface area contributed by atoms with E-state index in [2.05, 4.69) is 0 Å². The lowest BCUT2D eigenvalue weighted by Crippen LogP contribution is -2.47. The molecular formula is C11H13NO4. The van der Waals surface area contributed by atoms with Crippen LogP contribution in [0.3, 0.4) is 0 Å². The van der Waals surface area contributed by atoms with Gasteiger partial charge >= 0.3 is 0 Å². The lowest BCUT2D eigenvalue weighted by molar-refractivity contribution is -0.385. The summed E-state index contributed by atoms with van der Waals surface area (Å²) >= 11 is 0. The maximum Gasteiger partial charge on any atom is 0.269 e. The van der Waals surface area contributed by atoms with Gasteiger partial charge in [0.05, 0.1) is 18.1 Å². The van der Waals surface area contributed by atoms with E-state index < -0.39 is 4.92 Å². The number of hydrogen-bond acceptors (Lipinski definition) is 4. The minimum Gasteiger partial charge on any atom is -0.396 e. The molecule has 5 heteroatoms. The van der Waals surface area contributed by atoms with E-state index in [0.717, 1.165) is 5.56 Å². The van der Waals surface area contributed by atoms with Crippen LogP contribution in [-0.4, -0.2) is 29.9 Å². The molecule has 1 heterocycles. The number of benzene rings is 1. The van der Waals surface area contributed by atoms with Gasteiger partial charge in [-0.05, 0) is 12.0 Å². The lowest BCUT2D eigenvalue weighted by Gasteiger charge is -2.41. The largest absolute Gasteiger partial charge is 0.396 e. The average Bonchev–Trinajstić information content (AvgIpc) is 2.23. The van der Waals surface area contributed by atoms with E-state index in [1.807, 2.05) is 6.07 Å². The molecule has 1 aromatic rings. The summed E-state index contributed by atoms with van der Waals surface area (Å²) < 4.78 is 5.16. The standard InChI is InChI=1S/C11H13NO4/c13-5-4-11(7-16-8-11)9-2-1-3-10(6-9)12(14)15/h1-3,6,13H,4-5,7-8H2. The maximum atomic E-state index is 10.7. The van der Waals surface area contributed by atoms with Gasteiger partial charge < -0.3 is 9.84 Å². The second-order valence-electron chi connectivity index (χ2n) is 4.05. The summed E-state index contributed by atoms with van der Waals surface area (Å²) in [5.41, 5.74) is 0.726. The van der Waals surface area contributed by atoms with E-state index in [9.17, 15) is 10.1 Å². The Morgan fingerprint density at radius 1 is 1.50 bits per heavy atom. The van der Waals surface area contributed by atoms with Gasteiger partial charge in [0.2, 0.25) is 0 Å². The van der Waals surface area contributed by atoms with Gasteiger partial charge in [0, 0.05) is 24.2 Å². The Hall–Kier alpha value is -1.46. The molecule has 0 aromatic heterocycles. The summed E-state index contributed by atoms with van der Waals surface area (Å²) in [7, 11) is 0. The van der Waals surface area contributed by atoms with Crippen LogP contribution in [-0.2, 0) is 10.2 Å². The minimum atomic E-state index is -0.407. The molecule has 1 N–H and O–H groups in total. The molecule has 1 aliphatic rings. The average molecular weight is 223 g/mol. The first-order valence-electron chi connectivity index (χ1n) is 5.11. The molecule has 0 unspecified atom stereocenters. The van der Waals surface area contributed by atoms with Crippen LogP contribution in [0.15, 0.2) is 24.3 Å². The molecule has 0 saturated carbocycles. The van der Waals surface area contributed by atoms with Gasteiger partial charge in [-0.2, -0.15) is 0 Å². The van der Waals surface area contributed by atoms with Crippen LogP contribution >= 0.6 is 0 Å². The van der Waals surface area contributed by atoms with Crippen molar-refractivity contribution in [3.8, 4) is 0 Å². The zero-order valence-corrected chi connectivity index (χ0v) is 8.76. The van der Waals surface area contributed by atoms with Gasteiger partial charge in [-0.1, -0.05) is 12.1 Å². The lowest BCUT2D eigenvalue weighted by atomic mass is 9.76. The fraction of sp³-hybridized carbons (Fsp3) is 0.455. The molecule has 0 bridgehead atoms. The second kappa shape index (κ2) is 4.19. The molecule has 1 aromatic carbocycles. The topological polar surface area (TPSA) is 72.6 Å². The molecule has 2 rings (SSSR count). The quantitative estimate of drug-likeness (QED) is 0.615. The molecule has 0 radical (unpaired) electrons. The molecule has 86 valence electrons. The zero-order chi connectivity index (χ0) is 11.6. The highest BCUT2D eigenvalue weighted by Crippen LogP contribution is 2.36. The molecule has 0 atom stereocenters. The van der Waals surface area contributed by atoms with E-state index in [1.165, 1.54) is 6.07 Å². The number of nitro groups is 1. The third-order valence-corrected chi connectivity index (χ3v) is 3.02. The number of hydrogen-bond donors (Lipinski definition) is 1. The number of ether oxygens (including phenoxy) is 1. The number of nitrogens with zero attached hydrogens (tertiary/aromatic N) is 1. The van der Waals surface area contributed by atoms with Gasteiger partial charge in [0.25, 0.3) is 5.69 Å². The predicted molar refractivity (Wildman–Crippen MR) is 57.3 cm³/mol. The molecule has 1 saturated heterocycles. The molecule has 16 heavy (non-hydrogen) atoms. The normalized spacial score (nSPS) is 17.8. The number of rotatable bonds is 4. The summed E-state index contributed by atoms with van der Waals surface area (Å²) in [6.45, 7) is 1.11. The molecule has 1 fully saturated rings. The molecule has 0 amide bonds. The van der Waals surface area contributed by atoms with Gasteiger partial charge in [0.1, 0.15) is 0 Å². The predicted octanol–water partition coefficient (Wildman–Crippen LogP) is 1.25. The van der Waals surface area contributed by atoms with Crippen LogP contribution in [0.5, 0.6) is 0 Å². The first-order valence-corrected chi connectivity index (χ1v) is 5.11. The minimum absolute atomic E-state index is 0.0616. The summed E-state index contributed by atoms with van der Waals surface area (Å²) in [6, 6.07) is 6.56. The van der Waals surface area contributed by atoms with Crippen LogP contribution in [0.4, 0.5) is 5.69 Å². The van der Waals surface area contributed by atoms with E-state index in [1.54, 1.807) is 12.1 Å². The summed E-state index contributed by atoms with van der Waals surface area (Å²) in [4.78, 5) is 10.3. The van der Waals surface area contributed by atoms with Crippen molar-refractivity contribution in [2.24, 2.45) is 0 Å². The van der Waals surface area contributed by atoms with Crippen molar-refractivity contribution in [2.45, 2.75) is 11.8 Å². The molecule has 1 aliphatic heterocycles. The van der Waals surface area contributed by atoms with Crippen molar-refractivity contribution in [2.75, 3.05) is 19.8 Å². The summed E-state index contributed by atoms with van der Waals surface area (Å²) in [5, 5.41) is 19.7. The number of aliphatic hydroxyl groups excluding tert-OH is 1. The van der Waals surface area contributed by atoms with Crippen molar-refractivity contribution in [1.29, 1.82) is 0 Å². The number of non-ortho nitro benzene ring substituents is 1. The zero-order valence-electron chi connectivity index (χ0n) is 8.76. The van der Waals surface area contributed by atoms with Crippen LogP contribution < -0.4 is 0 Å². The van der Waals surface area contributed by atoms with Gasteiger partial charge in [0.15, 0.2) is 0 Å². The monoisotopic (exact) mass is 223 g/mol. The number of aliphatic hydroxyl groups is 1.